The zero-order valence-corrected chi connectivity index (χ0v) is 14.1. The molecular weight excluding hydrogens is 324 g/mol. The van der Waals surface area contributed by atoms with Crippen LogP contribution in [-0.4, -0.2) is 69.9 Å². The Hall–Kier alpha value is -2.26. The van der Waals surface area contributed by atoms with Crippen LogP contribution in [-0.2, 0) is 17.8 Å². The van der Waals surface area contributed by atoms with Crippen LogP contribution < -0.4 is 4.90 Å². The Morgan fingerprint density at radius 3 is 2.96 bits per heavy atom. The summed E-state index contributed by atoms with van der Waals surface area (Å²) in [6.07, 6.45) is 3.93. The van der Waals surface area contributed by atoms with Crippen LogP contribution >= 0.6 is 0 Å². The Bertz CT molecular complexity index is 687. The Labute approximate surface area is 145 Å². The number of rotatable bonds is 5. The van der Waals surface area contributed by atoms with Crippen LogP contribution in [0.2, 0.25) is 0 Å². The number of quaternary nitrogens is 1. The number of amides is 1. The minimum absolute atomic E-state index is 0.0349. The van der Waals surface area contributed by atoms with Gasteiger partial charge in [0, 0.05) is 6.61 Å². The first-order valence-electron chi connectivity index (χ1n) is 8.82. The van der Waals surface area contributed by atoms with E-state index < -0.39 is 0 Å². The molecule has 0 unspecified atom stereocenters. The molecule has 9 nitrogen and oxygen atoms in total. The van der Waals surface area contributed by atoms with Crippen molar-refractivity contribution >= 4 is 5.91 Å². The van der Waals surface area contributed by atoms with E-state index in [1.54, 1.807) is 12.1 Å². The fraction of sp³-hybridized carbons (Fsp3) is 0.625. The monoisotopic (exact) mass is 347 g/mol. The molecule has 1 amide bonds. The van der Waals surface area contributed by atoms with E-state index in [1.165, 1.54) is 11.2 Å². The summed E-state index contributed by atoms with van der Waals surface area (Å²) in [7, 11) is 0. The molecule has 1 atom stereocenters. The third kappa shape index (κ3) is 3.72. The minimum Gasteiger partial charge on any atom is -0.459 e. The van der Waals surface area contributed by atoms with Gasteiger partial charge in [-0.3, -0.25) is 4.79 Å². The third-order valence-corrected chi connectivity index (χ3v) is 4.90. The number of tetrazole rings is 1. The van der Waals surface area contributed by atoms with Crippen molar-refractivity contribution in [1.82, 2.24) is 25.1 Å². The molecule has 2 aliphatic heterocycles. The van der Waals surface area contributed by atoms with Gasteiger partial charge in [-0.05, 0) is 35.4 Å². The van der Waals surface area contributed by atoms with Crippen molar-refractivity contribution in [2.75, 3.05) is 32.8 Å². The first-order valence-corrected chi connectivity index (χ1v) is 8.82. The molecule has 25 heavy (non-hydrogen) atoms. The quantitative estimate of drug-likeness (QED) is 0.745. The fourth-order valence-electron chi connectivity index (χ4n) is 3.46. The highest BCUT2D eigenvalue weighted by Crippen LogP contribution is 2.13. The van der Waals surface area contributed by atoms with Crippen molar-refractivity contribution in [2.24, 2.45) is 0 Å². The summed E-state index contributed by atoms with van der Waals surface area (Å²) >= 11 is 0. The van der Waals surface area contributed by atoms with Crippen LogP contribution in [0.25, 0.3) is 0 Å². The van der Waals surface area contributed by atoms with E-state index in [-0.39, 0.29) is 12.0 Å². The molecule has 0 spiro atoms. The van der Waals surface area contributed by atoms with Gasteiger partial charge in [-0.2, -0.15) is 0 Å². The second-order valence-corrected chi connectivity index (χ2v) is 6.61. The lowest BCUT2D eigenvalue weighted by molar-refractivity contribution is -0.918. The topological polar surface area (TPSA) is 90.7 Å². The zero-order valence-electron chi connectivity index (χ0n) is 14.1. The van der Waals surface area contributed by atoms with Crippen molar-refractivity contribution in [3.05, 3.63) is 30.0 Å². The summed E-state index contributed by atoms with van der Waals surface area (Å²) in [6, 6.07) is 3.45. The number of hydrogen-bond donors (Lipinski definition) is 1. The average molecular weight is 347 g/mol. The fourth-order valence-corrected chi connectivity index (χ4v) is 3.46. The highest BCUT2D eigenvalue weighted by Gasteiger charge is 2.27. The number of carbonyl (C=O) groups excluding carboxylic acids is 1. The summed E-state index contributed by atoms with van der Waals surface area (Å²) in [5.74, 6) is 1.26. The summed E-state index contributed by atoms with van der Waals surface area (Å²) < 4.78 is 12.7. The molecule has 2 aromatic rings. The number of piperazine rings is 1. The van der Waals surface area contributed by atoms with Gasteiger partial charge < -0.3 is 19.0 Å². The van der Waals surface area contributed by atoms with Crippen LogP contribution in [0.3, 0.4) is 0 Å². The molecule has 0 radical (unpaired) electrons. The molecule has 2 aromatic heterocycles. The molecule has 2 saturated heterocycles. The number of ether oxygens (including phenoxy) is 1. The van der Waals surface area contributed by atoms with E-state index in [0.717, 1.165) is 51.5 Å². The molecular formula is C16H23N6O3+. The van der Waals surface area contributed by atoms with Gasteiger partial charge in [0.15, 0.2) is 5.76 Å². The Balaban J connectivity index is 1.30. The van der Waals surface area contributed by atoms with Gasteiger partial charge in [0.1, 0.15) is 6.54 Å². The lowest BCUT2D eigenvalue weighted by Crippen LogP contribution is -3.13. The number of aromatic nitrogens is 4. The van der Waals surface area contributed by atoms with Crippen LogP contribution in [0.1, 0.15) is 29.2 Å². The summed E-state index contributed by atoms with van der Waals surface area (Å²) in [5.41, 5.74) is 0. The largest absolute Gasteiger partial charge is 0.459 e. The Morgan fingerprint density at radius 1 is 1.36 bits per heavy atom. The molecule has 4 rings (SSSR count). The predicted octanol–water partition coefficient (Wildman–Crippen LogP) is -1.01. The predicted molar refractivity (Wildman–Crippen MR) is 85.8 cm³/mol. The van der Waals surface area contributed by atoms with Crippen LogP contribution in [0.5, 0.6) is 0 Å². The third-order valence-electron chi connectivity index (χ3n) is 4.90. The Kier molecular flexibility index (Phi) is 4.75. The molecule has 0 saturated carbocycles. The van der Waals surface area contributed by atoms with Crippen LogP contribution in [0, 0.1) is 0 Å². The molecule has 0 bridgehead atoms. The zero-order chi connectivity index (χ0) is 17.1. The smallest absolute Gasteiger partial charge is 0.289 e. The van der Waals surface area contributed by atoms with E-state index in [1.807, 2.05) is 9.58 Å². The molecule has 4 heterocycles. The summed E-state index contributed by atoms with van der Waals surface area (Å²) in [5, 5.41) is 12.1. The van der Waals surface area contributed by atoms with Crippen molar-refractivity contribution in [1.29, 1.82) is 0 Å². The highest BCUT2D eigenvalue weighted by atomic mass is 16.5. The molecule has 1 N–H and O–H groups in total. The van der Waals surface area contributed by atoms with Gasteiger partial charge in [0.2, 0.25) is 5.82 Å². The maximum atomic E-state index is 12.3. The van der Waals surface area contributed by atoms with E-state index >= 15 is 0 Å². The average Bonchev–Trinajstić information content (AvgIpc) is 3.39. The van der Waals surface area contributed by atoms with Gasteiger partial charge >= 0.3 is 0 Å². The van der Waals surface area contributed by atoms with Gasteiger partial charge in [-0.25, -0.2) is 4.68 Å². The molecule has 0 aromatic carbocycles. The highest BCUT2D eigenvalue weighted by molar-refractivity contribution is 5.91. The maximum absolute atomic E-state index is 12.3. The molecule has 2 fully saturated rings. The first-order chi connectivity index (χ1) is 12.3. The van der Waals surface area contributed by atoms with Crippen molar-refractivity contribution < 1.29 is 18.8 Å². The maximum Gasteiger partial charge on any atom is 0.289 e. The van der Waals surface area contributed by atoms with E-state index in [0.29, 0.717) is 18.8 Å². The van der Waals surface area contributed by atoms with E-state index in [9.17, 15) is 4.79 Å². The lowest BCUT2D eigenvalue weighted by Gasteiger charge is -2.31. The number of nitrogens with one attached hydrogen (secondary N) is 1. The SMILES string of the molecule is O=C(c1ccco1)N1CC[NH+](Cc2nnnn2C[C@H]2CCCO2)CC1. The molecule has 2 aliphatic rings. The molecule has 134 valence electrons. The Morgan fingerprint density at radius 2 is 2.24 bits per heavy atom. The number of furan rings is 1. The van der Waals surface area contributed by atoms with Gasteiger partial charge in [-0.1, -0.05) is 0 Å². The summed E-state index contributed by atoms with van der Waals surface area (Å²) in [6.45, 7) is 5.49. The van der Waals surface area contributed by atoms with Gasteiger partial charge in [0.25, 0.3) is 5.91 Å². The first kappa shape index (κ1) is 16.2. The van der Waals surface area contributed by atoms with Crippen molar-refractivity contribution in [3.8, 4) is 0 Å². The van der Waals surface area contributed by atoms with E-state index in [4.69, 9.17) is 9.15 Å². The number of carbonyl (C=O) groups is 1. The van der Waals surface area contributed by atoms with Gasteiger partial charge in [-0.15, -0.1) is 5.10 Å². The molecule has 0 aliphatic carbocycles. The normalized spacial score (nSPS) is 21.8. The molecule has 9 heteroatoms. The number of nitrogens with zero attached hydrogens (tertiary/aromatic N) is 5. The minimum atomic E-state index is -0.0349. The summed E-state index contributed by atoms with van der Waals surface area (Å²) in [4.78, 5) is 15.5. The van der Waals surface area contributed by atoms with Crippen molar-refractivity contribution in [2.45, 2.75) is 32.0 Å². The second-order valence-electron chi connectivity index (χ2n) is 6.61. The van der Waals surface area contributed by atoms with Crippen LogP contribution in [0.4, 0.5) is 0 Å². The van der Waals surface area contributed by atoms with Crippen molar-refractivity contribution in [3.63, 3.8) is 0 Å². The second kappa shape index (κ2) is 7.32. The van der Waals surface area contributed by atoms with Crippen LogP contribution in [0.15, 0.2) is 22.8 Å². The van der Waals surface area contributed by atoms with Gasteiger partial charge in [0.05, 0.1) is 45.1 Å². The number of hydrogen-bond acceptors (Lipinski definition) is 6. The van der Waals surface area contributed by atoms with E-state index in [2.05, 4.69) is 15.5 Å². The lowest BCUT2D eigenvalue weighted by atomic mass is 10.2. The standard InChI is InChI=1S/C16H22N6O3/c23-16(14-4-2-10-25-14)21-7-5-20(6-8-21)12-15-17-18-19-22(15)11-13-3-1-9-24-13/h2,4,10,13H,1,3,5-9,11-12H2/p+1/t13-/m1/s1.